The molecule has 2 aromatic carbocycles. The van der Waals surface area contributed by atoms with E-state index < -0.39 is 12.1 Å². The van der Waals surface area contributed by atoms with Gasteiger partial charge < -0.3 is 20.1 Å². The van der Waals surface area contributed by atoms with E-state index >= 15 is 0 Å². The van der Waals surface area contributed by atoms with Gasteiger partial charge in [-0.05, 0) is 22.3 Å². The van der Waals surface area contributed by atoms with E-state index in [1.807, 2.05) is 24.3 Å². The van der Waals surface area contributed by atoms with Crippen LogP contribution in [0.4, 0.5) is 4.79 Å². The van der Waals surface area contributed by atoms with E-state index in [2.05, 4.69) is 29.6 Å². The SMILES string of the molecule is CN(CCNC(=O)CCC(=O)O)C(=O)OCC1c2ccccc2-c2ccccc21. The topological polar surface area (TPSA) is 95.9 Å². The Bertz CT molecular complexity index is 866. The van der Waals surface area contributed by atoms with Crippen LogP contribution in [0.3, 0.4) is 0 Å². The molecule has 1 aliphatic rings. The van der Waals surface area contributed by atoms with E-state index in [4.69, 9.17) is 9.84 Å². The smallest absolute Gasteiger partial charge is 0.409 e. The highest BCUT2D eigenvalue weighted by atomic mass is 16.6. The molecule has 0 spiro atoms. The third-order valence-corrected chi connectivity index (χ3v) is 4.98. The van der Waals surface area contributed by atoms with Crippen LogP contribution >= 0.6 is 0 Å². The van der Waals surface area contributed by atoms with Crippen molar-refractivity contribution in [2.75, 3.05) is 26.7 Å². The van der Waals surface area contributed by atoms with Crippen LogP contribution in [0.15, 0.2) is 48.5 Å². The average Bonchev–Trinajstić information content (AvgIpc) is 3.04. The van der Waals surface area contributed by atoms with Gasteiger partial charge in [0.05, 0.1) is 6.42 Å². The number of fused-ring (bicyclic) bond motifs is 3. The summed E-state index contributed by atoms with van der Waals surface area (Å²) < 4.78 is 5.53. The highest BCUT2D eigenvalue weighted by Crippen LogP contribution is 2.44. The first-order valence-electron chi connectivity index (χ1n) is 9.52. The second-order valence-corrected chi connectivity index (χ2v) is 6.97. The summed E-state index contributed by atoms with van der Waals surface area (Å²) in [5.74, 6) is -1.38. The van der Waals surface area contributed by atoms with Gasteiger partial charge in [0.25, 0.3) is 0 Å². The molecule has 0 aliphatic heterocycles. The van der Waals surface area contributed by atoms with Gasteiger partial charge in [0, 0.05) is 32.5 Å². The van der Waals surface area contributed by atoms with E-state index in [1.54, 1.807) is 7.05 Å². The Kier molecular flexibility index (Phi) is 6.49. The van der Waals surface area contributed by atoms with Gasteiger partial charge in [-0.25, -0.2) is 4.79 Å². The zero-order valence-electron chi connectivity index (χ0n) is 16.3. The second kappa shape index (κ2) is 9.23. The van der Waals surface area contributed by atoms with Crippen molar-refractivity contribution in [1.82, 2.24) is 10.2 Å². The Morgan fingerprint density at radius 3 is 2.17 bits per heavy atom. The predicted octanol–water partition coefficient (Wildman–Crippen LogP) is 2.85. The fraction of sp³-hybridized carbons (Fsp3) is 0.318. The fourth-order valence-electron chi connectivity index (χ4n) is 3.47. The summed E-state index contributed by atoms with van der Waals surface area (Å²) in [7, 11) is 1.60. The van der Waals surface area contributed by atoms with Crippen molar-refractivity contribution in [3.63, 3.8) is 0 Å². The number of carboxylic acids is 1. The Balaban J connectivity index is 1.50. The fourth-order valence-corrected chi connectivity index (χ4v) is 3.47. The quantitative estimate of drug-likeness (QED) is 0.715. The number of ether oxygens (including phenoxy) is 1. The van der Waals surface area contributed by atoms with Gasteiger partial charge in [-0.15, -0.1) is 0 Å². The molecule has 0 aromatic heterocycles. The molecule has 29 heavy (non-hydrogen) atoms. The minimum atomic E-state index is -1.02. The zero-order valence-corrected chi connectivity index (χ0v) is 16.3. The predicted molar refractivity (Wildman–Crippen MR) is 108 cm³/mol. The largest absolute Gasteiger partial charge is 0.481 e. The molecule has 2 aromatic rings. The summed E-state index contributed by atoms with van der Waals surface area (Å²) in [6, 6.07) is 16.3. The lowest BCUT2D eigenvalue weighted by Gasteiger charge is -2.20. The lowest BCUT2D eigenvalue weighted by molar-refractivity contribution is -0.138. The summed E-state index contributed by atoms with van der Waals surface area (Å²) >= 11 is 0. The van der Waals surface area contributed by atoms with Crippen molar-refractivity contribution in [3.8, 4) is 11.1 Å². The van der Waals surface area contributed by atoms with E-state index in [0.717, 1.165) is 11.1 Å². The lowest BCUT2D eigenvalue weighted by atomic mass is 9.98. The number of carbonyl (C=O) groups excluding carboxylic acids is 2. The van der Waals surface area contributed by atoms with Crippen molar-refractivity contribution < 1.29 is 24.2 Å². The molecule has 2 amide bonds. The number of amides is 2. The van der Waals surface area contributed by atoms with Crippen LogP contribution in [0.5, 0.6) is 0 Å². The van der Waals surface area contributed by atoms with Gasteiger partial charge in [0.2, 0.25) is 5.91 Å². The van der Waals surface area contributed by atoms with E-state index in [9.17, 15) is 14.4 Å². The number of rotatable bonds is 8. The highest BCUT2D eigenvalue weighted by molar-refractivity contribution is 5.81. The first-order chi connectivity index (χ1) is 14.0. The number of likely N-dealkylation sites (N-methyl/N-ethyl adjacent to an activating group) is 1. The molecule has 152 valence electrons. The molecule has 0 unspecified atom stereocenters. The Labute approximate surface area is 169 Å². The minimum Gasteiger partial charge on any atom is -0.481 e. The van der Waals surface area contributed by atoms with Crippen LogP contribution in [-0.2, 0) is 14.3 Å². The number of benzene rings is 2. The van der Waals surface area contributed by atoms with Gasteiger partial charge in [0.1, 0.15) is 6.61 Å². The second-order valence-electron chi connectivity index (χ2n) is 6.97. The van der Waals surface area contributed by atoms with Crippen LogP contribution in [-0.4, -0.2) is 54.7 Å². The third kappa shape index (κ3) is 4.93. The molecule has 0 radical (unpaired) electrons. The maximum atomic E-state index is 12.3. The van der Waals surface area contributed by atoms with Crippen molar-refractivity contribution >= 4 is 18.0 Å². The molecule has 0 heterocycles. The van der Waals surface area contributed by atoms with Gasteiger partial charge in [-0.1, -0.05) is 48.5 Å². The van der Waals surface area contributed by atoms with Crippen LogP contribution < -0.4 is 5.32 Å². The normalized spacial score (nSPS) is 12.0. The third-order valence-electron chi connectivity index (χ3n) is 4.98. The molecule has 7 nitrogen and oxygen atoms in total. The van der Waals surface area contributed by atoms with E-state index in [0.29, 0.717) is 0 Å². The summed E-state index contributed by atoms with van der Waals surface area (Å²) in [5.41, 5.74) is 4.63. The molecule has 0 atom stereocenters. The summed E-state index contributed by atoms with van der Waals surface area (Å²) in [4.78, 5) is 35.7. The zero-order chi connectivity index (χ0) is 20.8. The number of aliphatic carboxylic acids is 1. The maximum Gasteiger partial charge on any atom is 0.409 e. The molecule has 1 aliphatic carbocycles. The Morgan fingerprint density at radius 1 is 1.00 bits per heavy atom. The monoisotopic (exact) mass is 396 g/mol. The molecule has 0 saturated heterocycles. The highest BCUT2D eigenvalue weighted by Gasteiger charge is 2.29. The number of carboxylic acid groups (broad SMARTS) is 1. The molecule has 2 N–H and O–H groups in total. The molecule has 0 bridgehead atoms. The van der Waals surface area contributed by atoms with Gasteiger partial charge in [-0.3, -0.25) is 9.59 Å². The lowest BCUT2D eigenvalue weighted by Crippen LogP contribution is -2.36. The molecule has 3 rings (SSSR count). The number of nitrogens with one attached hydrogen (secondary N) is 1. The average molecular weight is 396 g/mol. The van der Waals surface area contributed by atoms with E-state index in [1.165, 1.54) is 16.0 Å². The Morgan fingerprint density at radius 2 is 1.59 bits per heavy atom. The van der Waals surface area contributed by atoms with Crippen molar-refractivity contribution in [2.24, 2.45) is 0 Å². The first-order valence-corrected chi connectivity index (χ1v) is 9.52. The molecule has 0 fully saturated rings. The van der Waals surface area contributed by atoms with Gasteiger partial charge in [0.15, 0.2) is 0 Å². The molecule has 0 saturated carbocycles. The van der Waals surface area contributed by atoms with Crippen LogP contribution in [0.25, 0.3) is 11.1 Å². The number of carbonyl (C=O) groups is 3. The summed E-state index contributed by atoms with van der Waals surface area (Å²) in [6.07, 6.45) is -0.760. The maximum absolute atomic E-state index is 12.3. The standard InChI is InChI=1S/C22H24N2O5/c1-24(13-12-23-20(25)10-11-21(26)27)22(28)29-14-19-17-8-4-2-6-15(17)16-7-3-5-9-18(16)19/h2-9,19H,10-14H2,1H3,(H,23,25)(H,26,27). The summed E-state index contributed by atoms with van der Waals surface area (Å²) in [5, 5.41) is 11.2. The van der Waals surface area contributed by atoms with Crippen molar-refractivity contribution in [1.29, 1.82) is 0 Å². The molecule has 7 heteroatoms. The van der Waals surface area contributed by atoms with Crippen LogP contribution in [0.2, 0.25) is 0 Å². The Hall–Kier alpha value is -3.35. The van der Waals surface area contributed by atoms with Crippen molar-refractivity contribution in [2.45, 2.75) is 18.8 Å². The summed E-state index contributed by atoms with van der Waals surface area (Å²) in [6.45, 7) is 0.747. The van der Waals surface area contributed by atoms with E-state index in [-0.39, 0.29) is 44.4 Å². The number of hydrogen-bond acceptors (Lipinski definition) is 4. The first kappa shape index (κ1) is 20.4. The number of nitrogens with zero attached hydrogens (tertiary/aromatic N) is 1. The minimum absolute atomic E-state index is 0.00419. The van der Waals surface area contributed by atoms with Crippen LogP contribution in [0.1, 0.15) is 29.9 Å². The molecular weight excluding hydrogens is 372 g/mol. The molecular formula is C22H24N2O5. The van der Waals surface area contributed by atoms with Crippen molar-refractivity contribution in [3.05, 3.63) is 59.7 Å². The van der Waals surface area contributed by atoms with Crippen LogP contribution in [0, 0.1) is 0 Å². The number of hydrogen-bond donors (Lipinski definition) is 2. The van der Waals surface area contributed by atoms with Gasteiger partial charge in [-0.2, -0.15) is 0 Å². The van der Waals surface area contributed by atoms with Gasteiger partial charge >= 0.3 is 12.1 Å².